The third-order valence-corrected chi connectivity index (χ3v) is 5.82. The summed E-state index contributed by atoms with van der Waals surface area (Å²) in [4.78, 5) is 32.3. The summed E-state index contributed by atoms with van der Waals surface area (Å²) in [6.07, 6.45) is 0.874. The summed E-state index contributed by atoms with van der Waals surface area (Å²) in [6.45, 7) is 0.808. The molecule has 0 saturated carbocycles. The van der Waals surface area contributed by atoms with Crippen molar-refractivity contribution < 1.29 is 10.0 Å². The van der Waals surface area contributed by atoms with Crippen LogP contribution in [-0.2, 0) is 6.42 Å². The fourth-order valence-corrected chi connectivity index (χ4v) is 4.46. The molecule has 1 unspecified atom stereocenters. The van der Waals surface area contributed by atoms with Crippen molar-refractivity contribution in [1.82, 2.24) is 14.5 Å². The summed E-state index contributed by atoms with van der Waals surface area (Å²) in [5, 5.41) is 12.2. The molecule has 0 fully saturated rings. The third-order valence-electron chi connectivity index (χ3n) is 5.82. The average Bonchev–Trinajstić information content (AvgIpc) is 3.09. The number of nitrogens with one attached hydrogen (secondary N) is 3. The molecule has 0 amide bonds. The van der Waals surface area contributed by atoms with Crippen LogP contribution in [0.3, 0.4) is 0 Å². The maximum Gasteiger partial charge on any atom is 0.335 e. The first kappa shape index (κ1) is 17.5. The van der Waals surface area contributed by atoms with Crippen molar-refractivity contribution in [3.8, 4) is 11.6 Å². The number of nitrogens with zero attached hydrogens (tertiary/aromatic N) is 1. The van der Waals surface area contributed by atoms with Gasteiger partial charge in [0, 0.05) is 17.3 Å². The fourth-order valence-electron chi connectivity index (χ4n) is 4.46. The van der Waals surface area contributed by atoms with E-state index in [0.29, 0.717) is 5.69 Å². The number of benzene rings is 2. The predicted octanol–water partition coefficient (Wildman–Crippen LogP) is 0.873. The molecule has 1 aliphatic rings. The van der Waals surface area contributed by atoms with Crippen molar-refractivity contribution in [3.63, 3.8) is 0 Å². The number of para-hydroxylation sites is 2. The van der Waals surface area contributed by atoms with E-state index in [1.54, 1.807) is 24.3 Å². The van der Waals surface area contributed by atoms with E-state index in [1.165, 1.54) is 0 Å². The van der Waals surface area contributed by atoms with E-state index in [4.69, 9.17) is 0 Å². The van der Waals surface area contributed by atoms with Crippen LogP contribution in [0.5, 0.6) is 5.88 Å². The van der Waals surface area contributed by atoms with Crippen molar-refractivity contribution in [1.29, 1.82) is 0 Å². The van der Waals surface area contributed by atoms with Gasteiger partial charge in [0.25, 0.3) is 5.56 Å². The Morgan fingerprint density at radius 1 is 1.03 bits per heavy atom. The van der Waals surface area contributed by atoms with E-state index in [9.17, 15) is 14.7 Å². The number of aromatic nitrogens is 3. The zero-order valence-electron chi connectivity index (χ0n) is 15.9. The molecule has 1 aliphatic heterocycles. The summed E-state index contributed by atoms with van der Waals surface area (Å²) >= 11 is 0. The molecule has 146 valence electrons. The lowest BCUT2D eigenvalue weighted by molar-refractivity contribution is -0.908. The number of quaternary nitrogens is 1. The van der Waals surface area contributed by atoms with Crippen molar-refractivity contribution in [2.75, 3.05) is 13.6 Å². The summed E-state index contributed by atoms with van der Waals surface area (Å²) in [7, 11) is 2.00. The predicted molar refractivity (Wildman–Crippen MR) is 110 cm³/mol. The van der Waals surface area contributed by atoms with Gasteiger partial charge in [0.2, 0.25) is 5.88 Å². The highest BCUT2D eigenvalue weighted by atomic mass is 16.3. The molecule has 4 N–H and O–H groups in total. The Labute approximate surface area is 165 Å². The molecule has 0 aliphatic carbocycles. The van der Waals surface area contributed by atoms with Crippen LogP contribution in [0.1, 0.15) is 22.9 Å². The molecule has 0 bridgehead atoms. The van der Waals surface area contributed by atoms with Crippen LogP contribution < -0.4 is 16.1 Å². The number of hydrogen-bond acceptors (Lipinski definition) is 3. The Morgan fingerprint density at radius 3 is 2.55 bits per heavy atom. The average molecular weight is 389 g/mol. The molecule has 2 aromatic carbocycles. The zero-order chi connectivity index (χ0) is 20.1. The van der Waals surface area contributed by atoms with Crippen LogP contribution >= 0.6 is 0 Å². The standard InChI is InChI=1S/C22H20N4O3/c1-25-12-11-15-14-9-5-6-10-16(14)23-18(15)19(25)17-20(27)24-22(29)26(21(17)28)13-7-3-2-4-8-13/h2-10,19,23,28H,11-12H2,1H3,(H,24,27,29)/p+1/t19-/m0/s1. The van der Waals surface area contributed by atoms with Gasteiger partial charge in [-0.05, 0) is 23.8 Å². The maximum absolute atomic E-state index is 12.9. The van der Waals surface area contributed by atoms with Gasteiger partial charge in [0.1, 0.15) is 5.56 Å². The Kier molecular flexibility index (Phi) is 3.92. The van der Waals surface area contributed by atoms with E-state index >= 15 is 0 Å². The van der Waals surface area contributed by atoms with E-state index in [2.05, 4.69) is 16.0 Å². The Morgan fingerprint density at radius 2 is 1.76 bits per heavy atom. The first-order valence-corrected chi connectivity index (χ1v) is 9.61. The molecule has 0 saturated heterocycles. The van der Waals surface area contributed by atoms with Gasteiger partial charge >= 0.3 is 5.69 Å². The molecule has 5 rings (SSSR count). The molecule has 2 aromatic heterocycles. The van der Waals surface area contributed by atoms with Gasteiger partial charge in [0.15, 0.2) is 6.04 Å². The summed E-state index contributed by atoms with van der Waals surface area (Å²) in [5.74, 6) is -0.319. The van der Waals surface area contributed by atoms with Gasteiger partial charge in [0.05, 0.1) is 25.0 Å². The minimum atomic E-state index is -0.659. The maximum atomic E-state index is 12.9. The minimum Gasteiger partial charge on any atom is -0.494 e. The molecular weight excluding hydrogens is 368 g/mol. The van der Waals surface area contributed by atoms with Gasteiger partial charge in [-0.25, -0.2) is 9.36 Å². The highest BCUT2D eigenvalue weighted by molar-refractivity contribution is 5.85. The van der Waals surface area contributed by atoms with E-state index in [0.717, 1.165) is 44.6 Å². The fraction of sp³-hybridized carbons (Fsp3) is 0.182. The second-order valence-corrected chi connectivity index (χ2v) is 7.51. The van der Waals surface area contributed by atoms with Crippen molar-refractivity contribution in [2.24, 2.45) is 0 Å². The van der Waals surface area contributed by atoms with Crippen molar-refractivity contribution >= 4 is 10.9 Å². The lowest BCUT2D eigenvalue weighted by atomic mass is 9.94. The summed E-state index contributed by atoms with van der Waals surface area (Å²) in [6, 6.07) is 16.4. The van der Waals surface area contributed by atoms with Gasteiger partial charge in [-0.2, -0.15) is 0 Å². The largest absolute Gasteiger partial charge is 0.494 e. The van der Waals surface area contributed by atoms with Crippen LogP contribution in [0.25, 0.3) is 16.6 Å². The SMILES string of the molecule is C[NH+]1CCc2c([nH]c3ccccc23)[C@@H]1c1c(O)n(-c2ccccc2)c(=O)[nH]c1=O. The van der Waals surface area contributed by atoms with Crippen LogP contribution in [0, 0.1) is 0 Å². The van der Waals surface area contributed by atoms with E-state index < -0.39 is 17.3 Å². The van der Waals surface area contributed by atoms with Gasteiger partial charge < -0.3 is 15.0 Å². The smallest absolute Gasteiger partial charge is 0.335 e. The number of H-pyrrole nitrogens is 2. The lowest BCUT2D eigenvalue weighted by Crippen LogP contribution is -3.10. The molecule has 29 heavy (non-hydrogen) atoms. The number of likely N-dealkylation sites (N-methyl/N-ethyl adjacent to an activating group) is 1. The molecule has 3 heterocycles. The number of rotatable bonds is 2. The summed E-state index contributed by atoms with van der Waals surface area (Å²) in [5.41, 5.74) is 2.55. The third kappa shape index (κ3) is 2.62. The lowest BCUT2D eigenvalue weighted by Gasteiger charge is -2.30. The Balaban J connectivity index is 1.79. The first-order chi connectivity index (χ1) is 14.1. The van der Waals surface area contributed by atoms with Crippen LogP contribution in [-0.4, -0.2) is 33.2 Å². The minimum absolute atomic E-state index is 0.193. The number of aromatic hydroxyl groups is 1. The highest BCUT2D eigenvalue weighted by Gasteiger charge is 2.37. The molecule has 7 nitrogen and oxygen atoms in total. The quantitative estimate of drug-likeness (QED) is 0.410. The van der Waals surface area contributed by atoms with Gasteiger partial charge in [-0.15, -0.1) is 0 Å². The second kappa shape index (κ2) is 6.49. The van der Waals surface area contributed by atoms with Crippen LogP contribution in [0.4, 0.5) is 0 Å². The monoisotopic (exact) mass is 389 g/mol. The molecule has 7 heteroatoms. The second-order valence-electron chi connectivity index (χ2n) is 7.51. The van der Waals surface area contributed by atoms with Gasteiger partial charge in [-0.1, -0.05) is 36.4 Å². The van der Waals surface area contributed by atoms with E-state index in [1.807, 2.05) is 31.3 Å². The topological polar surface area (TPSA) is 95.3 Å². The molecule has 2 atom stereocenters. The molecular formula is C22H21N4O3+. The first-order valence-electron chi connectivity index (χ1n) is 9.61. The molecule has 4 aromatic rings. The van der Waals surface area contributed by atoms with Crippen molar-refractivity contribution in [2.45, 2.75) is 12.5 Å². The van der Waals surface area contributed by atoms with Crippen LogP contribution in [0.2, 0.25) is 0 Å². The zero-order valence-corrected chi connectivity index (χ0v) is 15.9. The Hall–Kier alpha value is -3.58. The Bertz CT molecular complexity index is 1330. The summed E-state index contributed by atoms with van der Waals surface area (Å²) < 4.78 is 1.15. The van der Waals surface area contributed by atoms with Crippen LogP contribution in [0.15, 0.2) is 64.2 Å². The number of hydrogen-bond donors (Lipinski definition) is 4. The van der Waals surface area contributed by atoms with E-state index in [-0.39, 0.29) is 11.4 Å². The molecule has 0 spiro atoms. The molecule has 0 radical (unpaired) electrons. The highest BCUT2D eigenvalue weighted by Crippen LogP contribution is 2.33. The normalized spacial score (nSPS) is 18.7. The number of aromatic amines is 2. The van der Waals surface area contributed by atoms with Crippen molar-refractivity contribution in [3.05, 3.63) is 92.3 Å². The van der Waals surface area contributed by atoms with Gasteiger partial charge in [-0.3, -0.25) is 9.78 Å². The number of fused-ring (bicyclic) bond motifs is 3.